The molecule has 7 heteroatoms. The summed E-state index contributed by atoms with van der Waals surface area (Å²) in [5, 5.41) is 22.2. The highest BCUT2D eigenvalue weighted by molar-refractivity contribution is 5.84. The number of phenols is 1. The fraction of sp³-hybridized carbons (Fsp3) is 0.167. The minimum Gasteiger partial charge on any atom is -0.504 e. The minimum absolute atomic E-state index is 0.0182. The van der Waals surface area contributed by atoms with Crippen LogP contribution in [0.3, 0.4) is 0 Å². The molecule has 0 radical (unpaired) electrons. The molecular weight excluding hydrogens is 322 g/mol. The van der Waals surface area contributed by atoms with Crippen LogP contribution in [0.25, 0.3) is 0 Å². The third-order valence-corrected chi connectivity index (χ3v) is 3.26. The highest BCUT2D eigenvalue weighted by Gasteiger charge is 2.13. The third kappa shape index (κ3) is 4.97. The molecule has 0 heterocycles. The first-order valence-electron chi connectivity index (χ1n) is 7.40. The van der Waals surface area contributed by atoms with Crippen molar-refractivity contribution in [2.75, 3.05) is 7.11 Å². The largest absolute Gasteiger partial charge is 0.504 e. The number of nitrogens with one attached hydrogen (secondary N) is 1. The predicted octanol–water partition coefficient (Wildman–Crippen LogP) is 2.19. The molecule has 128 valence electrons. The second-order valence-electron chi connectivity index (χ2n) is 5.06. The van der Waals surface area contributed by atoms with E-state index in [1.807, 2.05) is 6.07 Å². The Morgan fingerprint density at radius 1 is 1.32 bits per heavy atom. The lowest BCUT2D eigenvalue weighted by Gasteiger charge is -2.12. The van der Waals surface area contributed by atoms with Crippen LogP contribution in [-0.4, -0.2) is 30.4 Å². The molecule has 0 aromatic heterocycles. The van der Waals surface area contributed by atoms with Crippen LogP contribution >= 0.6 is 0 Å². The van der Waals surface area contributed by atoms with E-state index in [2.05, 4.69) is 10.5 Å². The lowest BCUT2D eigenvalue weighted by atomic mass is 10.2. The molecule has 2 rings (SSSR count). The summed E-state index contributed by atoms with van der Waals surface area (Å²) in [6.45, 7) is 1.59. The average Bonchev–Trinajstić information content (AvgIpc) is 2.62. The van der Waals surface area contributed by atoms with Crippen molar-refractivity contribution in [3.8, 4) is 23.3 Å². The number of hydrazone groups is 1. The number of aromatic hydroxyl groups is 1. The van der Waals surface area contributed by atoms with E-state index in [0.29, 0.717) is 22.6 Å². The number of methoxy groups -OCH3 is 1. The van der Waals surface area contributed by atoms with Gasteiger partial charge < -0.3 is 14.6 Å². The number of nitrogens with zero attached hydrogens (tertiary/aromatic N) is 2. The van der Waals surface area contributed by atoms with E-state index in [9.17, 15) is 9.90 Å². The monoisotopic (exact) mass is 339 g/mol. The first kappa shape index (κ1) is 17.8. The maximum absolute atomic E-state index is 12.0. The van der Waals surface area contributed by atoms with E-state index < -0.39 is 12.0 Å². The number of rotatable bonds is 6. The van der Waals surface area contributed by atoms with Gasteiger partial charge in [0.15, 0.2) is 17.6 Å². The van der Waals surface area contributed by atoms with Crippen LogP contribution in [0.4, 0.5) is 0 Å². The predicted molar refractivity (Wildman–Crippen MR) is 91.6 cm³/mol. The van der Waals surface area contributed by atoms with Gasteiger partial charge in [0.05, 0.1) is 25.0 Å². The van der Waals surface area contributed by atoms with Crippen LogP contribution in [0.5, 0.6) is 17.2 Å². The molecule has 1 unspecified atom stereocenters. The molecule has 2 aromatic rings. The Morgan fingerprint density at radius 3 is 2.64 bits per heavy atom. The van der Waals surface area contributed by atoms with E-state index >= 15 is 0 Å². The maximum Gasteiger partial charge on any atom is 0.280 e. The number of amides is 1. The zero-order valence-electron chi connectivity index (χ0n) is 13.8. The Hall–Kier alpha value is -3.53. The zero-order chi connectivity index (χ0) is 18.2. The fourth-order valence-electron chi connectivity index (χ4n) is 1.91. The zero-order valence-corrected chi connectivity index (χ0v) is 13.8. The van der Waals surface area contributed by atoms with Crippen molar-refractivity contribution in [1.82, 2.24) is 5.43 Å². The van der Waals surface area contributed by atoms with Crippen molar-refractivity contribution in [1.29, 1.82) is 5.26 Å². The van der Waals surface area contributed by atoms with Gasteiger partial charge in [-0.1, -0.05) is 0 Å². The number of hydrogen-bond donors (Lipinski definition) is 2. The molecule has 2 N–H and O–H groups in total. The van der Waals surface area contributed by atoms with Crippen molar-refractivity contribution in [2.45, 2.75) is 13.0 Å². The molecule has 0 aliphatic rings. The number of carbonyl (C=O) groups excluding carboxylic acids is 1. The number of carbonyl (C=O) groups is 1. The van der Waals surface area contributed by atoms with E-state index in [-0.39, 0.29) is 5.75 Å². The summed E-state index contributed by atoms with van der Waals surface area (Å²) >= 11 is 0. The van der Waals surface area contributed by atoms with Gasteiger partial charge in [0.2, 0.25) is 0 Å². The lowest BCUT2D eigenvalue weighted by Crippen LogP contribution is -2.33. The summed E-state index contributed by atoms with van der Waals surface area (Å²) in [4.78, 5) is 12.0. The summed E-state index contributed by atoms with van der Waals surface area (Å²) in [5.74, 6) is 0.380. The van der Waals surface area contributed by atoms with E-state index in [1.54, 1.807) is 43.3 Å². The van der Waals surface area contributed by atoms with Crippen molar-refractivity contribution in [3.63, 3.8) is 0 Å². The molecule has 0 aliphatic heterocycles. The normalized spacial score (nSPS) is 11.6. The van der Waals surface area contributed by atoms with E-state index in [0.717, 1.165) is 0 Å². The molecule has 1 amide bonds. The van der Waals surface area contributed by atoms with Crippen LogP contribution in [0.15, 0.2) is 47.6 Å². The van der Waals surface area contributed by atoms with Crippen molar-refractivity contribution in [2.24, 2.45) is 5.10 Å². The molecule has 2 aromatic carbocycles. The molecule has 7 nitrogen and oxygen atoms in total. The van der Waals surface area contributed by atoms with Gasteiger partial charge in [-0.25, -0.2) is 5.43 Å². The molecule has 0 bridgehead atoms. The van der Waals surface area contributed by atoms with Crippen molar-refractivity contribution >= 4 is 12.1 Å². The molecule has 25 heavy (non-hydrogen) atoms. The van der Waals surface area contributed by atoms with Gasteiger partial charge >= 0.3 is 0 Å². The Labute approximate surface area is 145 Å². The molecule has 0 saturated heterocycles. The Balaban J connectivity index is 1.90. The maximum atomic E-state index is 12.0. The van der Waals surface area contributed by atoms with Crippen LogP contribution in [0, 0.1) is 11.3 Å². The topological polar surface area (TPSA) is 104 Å². The van der Waals surface area contributed by atoms with Crippen molar-refractivity contribution in [3.05, 3.63) is 53.6 Å². The highest BCUT2D eigenvalue weighted by Crippen LogP contribution is 2.25. The first-order valence-corrected chi connectivity index (χ1v) is 7.40. The SMILES string of the molecule is COc1ccc(/C=N\NC(=O)C(C)Oc2ccc(C#N)cc2)cc1O. The fourth-order valence-corrected chi connectivity index (χ4v) is 1.91. The summed E-state index contributed by atoms with van der Waals surface area (Å²) in [7, 11) is 1.46. The molecule has 0 fully saturated rings. The van der Waals surface area contributed by atoms with Gasteiger partial charge in [-0.05, 0) is 55.0 Å². The standard InChI is InChI=1S/C18H17N3O4/c1-12(25-15-6-3-13(10-19)4-7-15)18(23)21-20-11-14-5-8-17(24-2)16(22)9-14/h3-9,11-12,22H,1-2H3,(H,21,23)/b20-11-. The number of hydrogen-bond acceptors (Lipinski definition) is 6. The number of ether oxygens (including phenoxy) is 2. The third-order valence-electron chi connectivity index (χ3n) is 3.26. The first-order chi connectivity index (χ1) is 12.0. The average molecular weight is 339 g/mol. The Bertz CT molecular complexity index is 810. The van der Waals surface area contributed by atoms with Gasteiger partial charge in [0.25, 0.3) is 5.91 Å². The number of nitriles is 1. The Morgan fingerprint density at radius 2 is 2.04 bits per heavy atom. The molecule has 0 saturated carbocycles. The Kier molecular flexibility index (Phi) is 5.96. The number of phenolic OH excluding ortho intramolecular Hbond substituents is 1. The van der Waals surface area contributed by atoms with Gasteiger partial charge in [0, 0.05) is 0 Å². The van der Waals surface area contributed by atoms with Gasteiger partial charge in [-0.2, -0.15) is 10.4 Å². The molecule has 0 aliphatic carbocycles. The second kappa shape index (κ2) is 8.36. The van der Waals surface area contributed by atoms with Crippen LogP contribution in [-0.2, 0) is 4.79 Å². The minimum atomic E-state index is -0.769. The lowest BCUT2D eigenvalue weighted by molar-refractivity contribution is -0.127. The van der Waals surface area contributed by atoms with Gasteiger partial charge in [-0.3, -0.25) is 4.79 Å². The van der Waals surface area contributed by atoms with E-state index in [1.165, 1.54) is 19.4 Å². The smallest absolute Gasteiger partial charge is 0.280 e. The van der Waals surface area contributed by atoms with Crippen LogP contribution in [0.2, 0.25) is 0 Å². The van der Waals surface area contributed by atoms with E-state index in [4.69, 9.17) is 14.7 Å². The second-order valence-corrected chi connectivity index (χ2v) is 5.06. The van der Waals surface area contributed by atoms with Crippen molar-refractivity contribution < 1.29 is 19.4 Å². The molecule has 0 spiro atoms. The molecular formula is C18H17N3O4. The molecule has 1 atom stereocenters. The number of benzene rings is 2. The summed E-state index contributed by atoms with van der Waals surface area (Å²) in [5.41, 5.74) is 3.47. The van der Waals surface area contributed by atoms with Gasteiger partial charge in [0.1, 0.15) is 5.75 Å². The van der Waals surface area contributed by atoms with Crippen LogP contribution < -0.4 is 14.9 Å². The highest BCUT2D eigenvalue weighted by atomic mass is 16.5. The summed E-state index contributed by atoms with van der Waals surface area (Å²) < 4.78 is 10.4. The van der Waals surface area contributed by atoms with Crippen LogP contribution in [0.1, 0.15) is 18.1 Å². The summed E-state index contributed by atoms with van der Waals surface area (Å²) in [6, 6.07) is 13.2. The van der Waals surface area contributed by atoms with Gasteiger partial charge in [-0.15, -0.1) is 0 Å². The summed E-state index contributed by atoms with van der Waals surface area (Å²) in [6.07, 6.45) is 0.625. The quantitative estimate of drug-likeness (QED) is 0.620.